The number of para-hydroxylation sites is 1. The highest BCUT2D eigenvalue weighted by Crippen LogP contribution is 2.47. The van der Waals surface area contributed by atoms with E-state index in [0.29, 0.717) is 0 Å². The SMILES string of the molecule is c1ccc(-c2cccc(N(c3ccc4c(c3)oc3ccccc34)c3ccc4ccc5ccc6c(c5c4c3)OC(c3ccccc3)N6)c2)cc1. The van der Waals surface area contributed by atoms with Gasteiger partial charge in [0.05, 0.1) is 5.69 Å². The van der Waals surface area contributed by atoms with Crippen LogP contribution in [0.25, 0.3) is 54.6 Å². The molecule has 0 saturated carbocycles. The average molecular weight is 631 g/mol. The van der Waals surface area contributed by atoms with Crippen molar-refractivity contribution in [2.24, 2.45) is 0 Å². The summed E-state index contributed by atoms with van der Waals surface area (Å²) in [6, 6.07) is 59.8. The monoisotopic (exact) mass is 630 g/mol. The molecule has 0 aliphatic carbocycles. The van der Waals surface area contributed by atoms with Gasteiger partial charge in [-0.15, -0.1) is 0 Å². The third kappa shape index (κ3) is 4.61. The summed E-state index contributed by atoms with van der Waals surface area (Å²) in [5.74, 6) is 0.885. The molecular formula is C45H30N2O2. The first kappa shape index (κ1) is 27.6. The molecule has 8 aromatic carbocycles. The smallest absolute Gasteiger partial charge is 0.196 e. The number of nitrogens with one attached hydrogen (secondary N) is 1. The summed E-state index contributed by atoms with van der Waals surface area (Å²) in [5, 5.41) is 10.4. The van der Waals surface area contributed by atoms with Crippen molar-refractivity contribution in [1.29, 1.82) is 0 Å². The second-order valence-corrected chi connectivity index (χ2v) is 12.6. The lowest BCUT2D eigenvalue weighted by atomic mass is 9.99. The van der Waals surface area contributed by atoms with Crippen LogP contribution in [-0.2, 0) is 0 Å². The molecule has 1 aliphatic heterocycles. The van der Waals surface area contributed by atoms with Crippen LogP contribution in [0, 0.1) is 0 Å². The molecule has 0 fully saturated rings. The zero-order valence-corrected chi connectivity index (χ0v) is 26.5. The Labute approximate surface area is 283 Å². The van der Waals surface area contributed by atoms with E-state index >= 15 is 0 Å². The summed E-state index contributed by atoms with van der Waals surface area (Å²) in [6.45, 7) is 0. The molecule has 1 unspecified atom stereocenters. The first-order valence-corrected chi connectivity index (χ1v) is 16.6. The first-order chi connectivity index (χ1) is 24.3. The Kier molecular flexibility index (Phi) is 6.21. The Morgan fingerprint density at radius 1 is 0.469 bits per heavy atom. The molecule has 1 atom stereocenters. The molecule has 0 amide bonds. The molecule has 49 heavy (non-hydrogen) atoms. The van der Waals surface area contributed by atoms with Crippen LogP contribution in [0.15, 0.2) is 174 Å². The number of hydrogen-bond donors (Lipinski definition) is 1. The third-order valence-corrected chi connectivity index (χ3v) is 9.65. The lowest BCUT2D eigenvalue weighted by Crippen LogP contribution is -2.10. The van der Waals surface area contributed by atoms with Crippen LogP contribution in [0.1, 0.15) is 11.8 Å². The molecule has 0 spiro atoms. The van der Waals surface area contributed by atoms with Crippen LogP contribution in [0.2, 0.25) is 0 Å². The highest BCUT2D eigenvalue weighted by molar-refractivity contribution is 6.14. The summed E-state index contributed by atoms with van der Waals surface area (Å²) < 4.78 is 13.1. The molecule has 1 aliphatic rings. The molecule has 0 saturated heterocycles. The predicted molar refractivity (Wildman–Crippen MR) is 202 cm³/mol. The molecule has 4 heteroatoms. The zero-order valence-electron chi connectivity index (χ0n) is 26.5. The van der Waals surface area contributed by atoms with Gasteiger partial charge in [-0.3, -0.25) is 0 Å². The van der Waals surface area contributed by atoms with Crippen LogP contribution >= 0.6 is 0 Å². The van der Waals surface area contributed by atoms with Crippen LogP contribution in [-0.4, -0.2) is 0 Å². The average Bonchev–Trinajstić information content (AvgIpc) is 3.77. The first-order valence-electron chi connectivity index (χ1n) is 16.6. The van der Waals surface area contributed by atoms with Gasteiger partial charge in [0, 0.05) is 44.9 Å². The molecule has 2 heterocycles. The number of rotatable bonds is 5. The summed E-state index contributed by atoms with van der Waals surface area (Å²) in [6.07, 6.45) is -0.243. The van der Waals surface area contributed by atoms with Gasteiger partial charge >= 0.3 is 0 Å². The molecular weight excluding hydrogens is 601 g/mol. The maximum Gasteiger partial charge on any atom is 0.196 e. The van der Waals surface area contributed by atoms with Crippen molar-refractivity contribution >= 4 is 66.2 Å². The van der Waals surface area contributed by atoms with Gasteiger partial charge in [0.2, 0.25) is 0 Å². The Morgan fingerprint density at radius 2 is 1.14 bits per heavy atom. The van der Waals surface area contributed by atoms with Gasteiger partial charge in [-0.1, -0.05) is 115 Å². The minimum Gasteiger partial charge on any atom is -0.464 e. The number of furan rings is 1. The van der Waals surface area contributed by atoms with Crippen LogP contribution < -0.4 is 15.0 Å². The van der Waals surface area contributed by atoms with Crippen LogP contribution in [0.3, 0.4) is 0 Å². The van der Waals surface area contributed by atoms with Crippen molar-refractivity contribution in [2.75, 3.05) is 10.2 Å². The standard InChI is InChI=1S/C45H30N2O2/c1-3-10-29(11-4-1)33-14-9-15-34(26-33)47(36-23-24-38-37-16-7-8-17-41(37)48-42(38)28-36)35-22-20-30-18-19-31-21-25-40-44(43(31)39(30)27-35)49-45(46-40)32-12-5-2-6-13-32/h1-28,45-46H. The zero-order chi connectivity index (χ0) is 32.3. The van der Waals surface area contributed by atoms with Crippen molar-refractivity contribution in [3.05, 3.63) is 175 Å². The van der Waals surface area contributed by atoms with E-state index in [0.717, 1.165) is 83.1 Å². The quantitative estimate of drug-likeness (QED) is 0.192. The van der Waals surface area contributed by atoms with E-state index in [-0.39, 0.29) is 6.23 Å². The van der Waals surface area contributed by atoms with Crippen LogP contribution in [0.5, 0.6) is 5.75 Å². The van der Waals surface area contributed by atoms with E-state index in [1.807, 2.05) is 30.3 Å². The molecule has 1 N–H and O–H groups in total. The minimum absolute atomic E-state index is 0.243. The van der Waals surface area contributed by atoms with Crippen molar-refractivity contribution < 1.29 is 9.15 Å². The molecule has 232 valence electrons. The molecule has 1 aromatic heterocycles. The number of anilines is 4. The minimum atomic E-state index is -0.243. The van der Waals surface area contributed by atoms with E-state index in [1.165, 1.54) is 5.56 Å². The largest absolute Gasteiger partial charge is 0.464 e. The van der Waals surface area contributed by atoms with Gasteiger partial charge < -0.3 is 19.4 Å². The number of hydrogen-bond acceptors (Lipinski definition) is 4. The highest BCUT2D eigenvalue weighted by atomic mass is 16.5. The van der Waals surface area contributed by atoms with E-state index in [2.05, 4.69) is 150 Å². The predicted octanol–water partition coefficient (Wildman–Crippen LogP) is 12.5. The maximum atomic E-state index is 6.69. The van der Waals surface area contributed by atoms with Gasteiger partial charge in [-0.05, 0) is 75.8 Å². The molecule has 0 radical (unpaired) electrons. The highest BCUT2D eigenvalue weighted by Gasteiger charge is 2.26. The summed E-state index contributed by atoms with van der Waals surface area (Å²) in [7, 11) is 0. The van der Waals surface area contributed by atoms with Crippen molar-refractivity contribution in [3.63, 3.8) is 0 Å². The van der Waals surface area contributed by atoms with Crippen molar-refractivity contribution in [1.82, 2.24) is 0 Å². The fraction of sp³-hybridized carbons (Fsp3) is 0.0222. The molecule has 10 rings (SSSR count). The van der Waals surface area contributed by atoms with Crippen molar-refractivity contribution in [3.8, 4) is 16.9 Å². The van der Waals surface area contributed by atoms with E-state index < -0.39 is 0 Å². The normalized spacial score (nSPS) is 13.8. The number of benzene rings is 8. The van der Waals surface area contributed by atoms with Gasteiger partial charge in [0.15, 0.2) is 12.0 Å². The maximum absolute atomic E-state index is 6.69. The second kappa shape index (κ2) is 11.0. The second-order valence-electron chi connectivity index (χ2n) is 12.6. The molecule has 4 nitrogen and oxygen atoms in total. The number of fused-ring (bicyclic) bond motifs is 8. The van der Waals surface area contributed by atoms with E-state index in [1.54, 1.807) is 0 Å². The Bertz CT molecular complexity index is 2680. The van der Waals surface area contributed by atoms with Crippen LogP contribution in [0.4, 0.5) is 22.7 Å². The van der Waals surface area contributed by atoms with Gasteiger partial charge in [-0.25, -0.2) is 0 Å². The topological polar surface area (TPSA) is 37.6 Å². The fourth-order valence-corrected chi connectivity index (χ4v) is 7.30. The molecule has 0 bridgehead atoms. The summed E-state index contributed by atoms with van der Waals surface area (Å²) in [4.78, 5) is 2.33. The summed E-state index contributed by atoms with van der Waals surface area (Å²) in [5.41, 5.74) is 9.30. The van der Waals surface area contributed by atoms with Gasteiger partial charge in [0.25, 0.3) is 0 Å². The van der Waals surface area contributed by atoms with Gasteiger partial charge in [-0.2, -0.15) is 0 Å². The summed E-state index contributed by atoms with van der Waals surface area (Å²) >= 11 is 0. The number of ether oxygens (including phenoxy) is 1. The lowest BCUT2D eigenvalue weighted by Gasteiger charge is -2.26. The fourth-order valence-electron chi connectivity index (χ4n) is 7.30. The number of nitrogens with zero attached hydrogens (tertiary/aromatic N) is 1. The Morgan fingerprint density at radius 3 is 2.04 bits per heavy atom. The van der Waals surface area contributed by atoms with Crippen molar-refractivity contribution in [2.45, 2.75) is 6.23 Å². The van der Waals surface area contributed by atoms with E-state index in [4.69, 9.17) is 9.15 Å². The van der Waals surface area contributed by atoms with E-state index in [9.17, 15) is 0 Å². The Balaban J connectivity index is 1.17. The van der Waals surface area contributed by atoms with Gasteiger partial charge in [0.1, 0.15) is 11.2 Å². The Hall–Kier alpha value is -6.52. The molecule has 9 aromatic rings. The third-order valence-electron chi connectivity index (χ3n) is 9.65. The lowest BCUT2D eigenvalue weighted by molar-refractivity contribution is 0.263.